The van der Waals surface area contributed by atoms with Crippen molar-refractivity contribution in [3.8, 4) is 0 Å². The monoisotopic (exact) mass is 272 g/mol. The lowest BCUT2D eigenvalue weighted by Crippen LogP contribution is -2.00. The zero-order chi connectivity index (χ0) is 12.3. The van der Waals surface area contributed by atoms with Gasteiger partial charge in [-0.1, -0.05) is 30.1 Å². The number of ether oxygens (including phenoxy) is 1. The van der Waals surface area contributed by atoms with Crippen molar-refractivity contribution in [1.29, 1.82) is 0 Å². The van der Waals surface area contributed by atoms with Crippen LogP contribution in [0.2, 0.25) is 10.0 Å². The van der Waals surface area contributed by atoms with Crippen LogP contribution >= 0.6 is 23.2 Å². The first-order valence-corrected chi connectivity index (χ1v) is 6.37. The van der Waals surface area contributed by atoms with Gasteiger partial charge in [0.25, 0.3) is 0 Å². The molecule has 0 saturated carbocycles. The number of imidazole rings is 1. The standard InChI is InChI=1S/C12H14Cl2N2O/c1-2-4-17-5-3-12-15-10-6-8(13)9(14)7-11(10)16-12/h6-7H,2-5H2,1H3,(H,15,16). The fourth-order valence-electron chi connectivity index (χ4n) is 1.59. The van der Waals surface area contributed by atoms with Crippen LogP contribution in [0.25, 0.3) is 11.0 Å². The highest BCUT2D eigenvalue weighted by Gasteiger charge is 2.06. The molecule has 1 aromatic heterocycles. The minimum absolute atomic E-state index is 0.527. The van der Waals surface area contributed by atoms with Crippen molar-refractivity contribution < 1.29 is 4.74 Å². The van der Waals surface area contributed by atoms with Crippen LogP contribution in [-0.4, -0.2) is 23.2 Å². The zero-order valence-corrected chi connectivity index (χ0v) is 11.1. The molecule has 1 N–H and O–H groups in total. The van der Waals surface area contributed by atoms with Crippen LogP contribution in [0.3, 0.4) is 0 Å². The largest absolute Gasteiger partial charge is 0.381 e. The van der Waals surface area contributed by atoms with Gasteiger partial charge in [-0.25, -0.2) is 4.98 Å². The number of rotatable bonds is 5. The van der Waals surface area contributed by atoms with Crippen molar-refractivity contribution in [3.63, 3.8) is 0 Å². The van der Waals surface area contributed by atoms with Crippen LogP contribution in [0.5, 0.6) is 0 Å². The molecule has 3 nitrogen and oxygen atoms in total. The molecule has 0 atom stereocenters. The molecule has 0 saturated heterocycles. The molecule has 0 spiro atoms. The average molecular weight is 273 g/mol. The summed E-state index contributed by atoms with van der Waals surface area (Å²) in [6.45, 7) is 3.55. The highest BCUT2D eigenvalue weighted by Crippen LogP contribution is 2.26. The van der Waals surface area contributed by atoms with E-state index in [1.165, 1.54) is 0 Å². The van der Waals surface area contributed by atoms with Gasteiger partial charge < -0.3 is 9.72 Å². The number of aromatic amines is 1. The van der Waals surface area contributed by atoms with Gasteiger partial charge in [-0.15, -0.1) is 0 Å². The van der Waals surface area contributed by atoms with Crippen LogP contribution in [0.15, 0.2) is 12.1 Å². The molecular weight excluding hydrogens is 259 g/mol. The smallest absolute Gasteiger partial charge is 0.109 e. The lowest BCUT2D eigenvalue weighted by Gasteiger charge is -1.98. The Morgan fingerprint density at radius 1 is 1.24 bits per heavy atom. The first-order chi connectivity index (χ1) is 8.20. The molecule has 2 aromatic rings. The van der Waals surface area contributed by atoms with Crippen molar-refractivity contribution in [2.45, 2.75) is 19.8 Å². The summed E-state index contributed by atoms with van der Waals surface area (Å²) in [5, 5.41) is 1.07. The van der Waals surface area contributed by atoms with Gasteiger partial charge in [-0.2, -0.15) is 0 Å². The second-order valence-corrected chi connectivity index (χ2v) is 4.64. The van der Waals surface area contributed by atoms with Crippen LogP contribution < -0.4 is 0 Å². The molecule has 0 amide bonds. The summed E-state index contributed by atoms with van der Waals surface area (Å²) in [6.07, 6.45) is 1.80. The molecule has 0 bridgehead atoms. The molecule has 0 fully saturated rings. The maximum absolute atomic E-state index is 5.94. The Kier molecular flexibility index (Phi) is 4.26. The first kappa shape index (κ1) is 12.7. The molecule has 92 valence electrons. The molecule has 1 heterocycles. The van der Waals surface area contributed by atoms with Gasteiger partial charge in [-0.3, -0.25) is 0 Å². The van der Waals surface area contributed by atoms with E-state index in [1.807, 2.05) is 0 Å². The highest BCUT2D eigenvalue weighted by atomic mass is 35.5. The second-order valence-electron chi connectivity index (χ2n) is 3.83. The summed E-state index contributed by atoms with van der Waals surface area (Å²) < 4.78 is 5.42. The number of H-pyrrole nitrogens is 1. The molecule has 0 radical (unpaired) electrons. The second kappa shape index (κ2) is 5.71. The Morgan fingerprint density at radius 3 is 2.76 bits per heavy atom. The molecule has 0 aliphatic carbocycles. The van der Waals surface area contributed by atoms with Gasteiger partial charge in [0, 0.05) is 13.0 Å². The Morgan fingerprint density at radius 2 is 2.00 bits per heavy atom. The normalized spacial score (nSPS) is 11.2. The fraction of sp³-hybridized carbons (Fsp3) is 0.417. The van der Waals surface area contributed by atoms with E-state index in [4.69, 9.17) is 27.9 Å². The van der Waals surface area contributed by atoms with Gasteiger partial charge in [0.2, 0.25) is 0 Å². The SMILES string of the molecule is CCCOCCc1nc2cc(Cl)c(Cl)cc2[nH]1. The predicted molar refractivity (Wildman–Crippen MR) is 70.9 cm³/mol. The number of fused-ring (bicyclic) bond motifs is 1. The van der Waals surface area contributed by atoms with Crippen LogP contribution in [0, 0.1) is 0 Å². The Bertz CT molecular complexity index is 471. The first-order valence-electron chi connectivity index (χ1n) is 5.62. The Balaban J connectivity index is 2.09. The molecule has 2 rings (SSSR count). The van der Waals surface area contributed by atoms with Crippen LogP contribution in [0.4, 0.5) is 0 Å². The molecule has 1 aromatic carbocycles. The topological polar surface area (TPSA) is 37.9 Å². The van der Waals surface area contributed by atoms with Crippen molar-refractivity contribution in [1.82, 2.24) is 9.97 Å². The summed E-state index contributed by atoms with van der Waals surface area (Å²) in [5.74, 6) is 0.898. The number of nitrogens with zero attached hydrogens (tertiary/aromatic N) is 1. The molecular formula is C12H14Cl2N2O. The Labute approximate surface area is 110 Å². The lowest BCUT2D eigenvalue weighted by molar-refractivity contribution is 0.137. The van der Waals surface area contributed by atoms with Gasteiger partial charge in [0.15, 0.2) is 0 Å². The van der Waals surface area contributed by atoms with Gasteiger partial charge in [0.1, 0.15) is 5.82 Å². The fourth-order valence-corrected chi connectivity index (χ4v) is 1.91. The third kappa shape index (κ3) is 3.12. The van der Waals surface area contributed by atoms with Crippen LogP contribution in [0.1, 0.15) is 19.2 Å². The summed E-state index contributed by atoms with van der Waals surface area (Å²) in [7, 11) is 0. The van der Waals surface area contributed by atoms with E-state index in [0.717, 1.165) is 36.3 Å². The summed E-state index contributed by atoms with van der Waals surface area (Å²) >= 11 is 11.9. The van der Waals surface area contributed by atoms with Crippen molar-refractivity contribution in [2.24, 2.45) is 0 Å². The third-order valence-electron chi connectivity index (χ3n) is 2.40. The number of halogens is 2. The number of hydrogen-bond acceptors (Lipinski definition) is 2. The zero-order valence-electron chi connectivity index (χ0n) is 9.59. The third-order valence-corrected chi connectivity index (χ3v) is 3.13. The molecule has 0 aliphatic rings. The maximum atomic E-state index is 5.94. The van der Waals surface area contributed by atoms with Gasteiger partial charge in [0.05, 0.1) is 27.7 Å². The molecule has 0 aliphatic heterocycles. The minimum Gasteiger partial charge on any atom is -0.381 e. The van der Waals surface area contributed by atoms with E-state index >= 15 is 0 Å². The Hall–Kier alpha value is -0.770. The van der Waals surface area contributed by atoms with E-state index in [1.54, 1.807) is 12.1 Å². The van der Waals surface area contributed by atoms with Crippen molar-refractivity contribution in [3.05, 3.63) is 28.0 Å². The lowest BCUT2D eigenvalue weighted by atomic mass is 10.3. The summed E-state index contributed by atoms with van der Waals surface area (Å²) in [4.78, 5) is 7.64. The molecule has 17 heavy (non-hydrogen) atoms. The van der Waals surface area contributed by atoms with E-state index in [9.17, 15) is 0 Å². The van der Waals surface area contributed by atoms with E-state index in [-0.39, 0.29) is 0 Å². The van der Waals surface area contributed by atoms with Gasteiger partial charge in [-0.05, 0) is 18.6 Å². The quantitative estimate of drug-likeness (QED) is 0.840. The summed E-state index contributed by atoms with van der Waals surface area (Å²) in [6, 6.07) is 3.56. The highest BCUT2D eigenvalue weighted by molar-refractivity contribution is 6.42. The molecule has 0 unspecified atom stereocenters. The van der Waals surface area contributed by atoms with E-state index < -0.39 is 0 Å². The number of benzene rings is 1. The number of nitrogens with one attached hydrogen (secondary N) is 1. The average Bonchev–Trinajstić information content (AvgIpc) is 2.67. The van der Waals surface area contributed by atoms with E-state index in [2.05, 4.69) is 16.9 Å². The predicted octanol–water partition coefficient (Wildman–Crippen LogP) is 3.84. The number of aromatic nitrogens is 2. The minimum atomic E-state index is 0.527. The van der Waals surface area contributed by atoms with Crippen molar-refractivity contribution in [2.75, 3.05) is 13.2 Å². The van der Waals surface area contributed by atoms with E-state index in [0.29, 0.717) is 16.7 Å². The van der Waals surface area contributed by atoms with Crippen molar-refractivity contribution >= 4 is 34.2 Å². The molecule has 5 heteroatoms. The summed E-state index contributed by atoms with van der Waals surface area (Å²) in [5.41, 5.74) is 1.75. The maximum Gasteiger partial charge on any atom is 0.109 e. The number of hydrogen-bond donors (Lipinski definition) is 1. The van der Waals surface area contributed by atoms with Crippen LogP contribution in [-0.2, 0) is 11.2 Å². The van der Waals surface area contributed by atoms with Gasteiger partial charge >= 0.3 is 0 Å².